The van der Waals surface area contributed by atoms with E-state index in [1.54, 1.807) is 18.2 Å². The highest BCUT2D eigenvalue weighted by Gasteiger charge is 2.18. The summed E-state index contributed by atoms with van der Waals surface area (Å²) in [4.78, 5) is 16.4. The van der Waals surface area contributed by atoms with Gasteiger partial charge in [0.2, 0.25) is 0 Å². The van der Waals surface area contributed by atoms with E-state index in [9.17, 15) is 9.18 Å². The summed E-state index contributed by atoms with van der Waals surface area (Å²) in [6, 6.07) is 13.8. The molecule has 0 bridgehead atoms. The zero-order chi connectivity index (χ0) is 18.6. The Morgan fingerprint density at radius 3 is 2.63 bits per heavy atom. The zero-order valence-corrected chi connectivity index (χ0v) is 15.9. The molecule has 2 aromatic carbocycles. The number of amides is 1. The average Bonchev–Trinajstić information content (AvgIpc) is 3.39. The summed E-state index contributed by atoms with van der Waals surface area (Å²) in [5.41, 5.74) is 2.04. The van der Waals surface area contributed by atoms with Gasteiger partial charge >= 0.3 is 0 Å². The number of thioether (sulfide) groups is 2. The number of carbonyl (C=O) groups excluding carboxylic acids is 1. The van der Waals surface area contributed by atoms with Crippen LogP contribution in [0.3, 0.4) is 0 Å². The van der Waals surface area contributed by atoms with Gasteiger partial charge in [-0.25, -0.2) is 4.39 Å². The van der Waals surface area contributed by atoms with Crippen molar-refractivity contribution in [2.75, 3.05) is 11.5 Å². The van der Waals surface area contributed by atoms with Crippen LogP contribution in [0.1, 0.15) is 26.3 Å². The van der Waals surface area contributed by atoms with Crippen molar-refractivity contribution >= 4 is 29.4 Å². The molecule has 1 N–H and O–H groups in total. The van der Waals surface area contributed by atoms with Gasteiger partial charge in [0.25, 0.3) is 11.8 Å². The molecule has 27 heavy (non-hydrogen) atoms. The van der Waals surface area contributed by atoms with Gasteiger partial charge in [0.1, 0.15) is 5.82 Å². The Labute approximate surface area is 164 Å². The SMILES string of the molecule is O=C(NCc1noc(-c2ccccc2F)n1)c1ccc(C2SCCS2)cc1. The standard InChI is InChI=1S/C19H16FN3O2S2/c20-15-4-2-1-3-14(15)18-22-16(23-25-18)11-21-17(24)12-5-7-13(8-6-12)19-26-9-10-27-19/h1-8,19H,9-11H2,(H,21,24). The van der Waals surface area contributed by atoms with Gasteiger partial charge in [0.05, 0.1) is 16.7 Å². The molecule has 0 unspecified atom stereocenters. The van der Waals surface area contributed by atoms with Crippen LogP contribution in [0.5, 0.6) is 0 Å². The van der Waals surface area contributed by atoms with Crippen molar-refractivity contribution in [3.8, 4) is 11.5 Å². The summed E-state index contributed by atoms with van der Waals surface area (Å²) in [6.45, 7) is 0.104. The van der Waals surface area contributed by atoms with E-state index in [-0.39, 0.29) is 29.7 Å². The fourth-order valence-corrected chi connectivity index (χ4v) is 5.53. The molecule has 0 atom stereocenters. The van der Waals surface area contributed by atoms with Crippen LogP contribution in [0.15, 0.2) is 53.1 Å². The molecule has 5 nitrogen and oxygen atoms in total. The van der Waals surface area contributed by atoms with Gasteiger partial charge in [-0.05, 0) is 29.8 Å². The topological polar surface area (TPSA) is 68.0 Å². The molecule has 0 saturated carbocycles. The third kappa shape index (κ3) is 4.17. The molecular formula is C19H16FN3O2S2. The molecule has 3 aromatic rings. The van der Waals surface area contributed by atoms with Crippen LogP contribution in [0, 0.1) is 5.82 Å². The van der Waals surface area contributed by atoms with Gasteiger partial charge in [0, 0.05) is 17.1 Å². The Kier molecular flexibility index (Phi) is 5.45. The molecule has 1 aliphatic rings. The second-order valence-electron chi connectivity index (χ2n) is 5.87. The summed E-state index contributed by atoms with van der Waals surface area (Å²) < 4.78 is 19.3. The lowest BCUT2D eigenvalue weighted by Gasteiger charge is -2.09. The number of halogens is 1. The monoisotopic (exact) mass is 401 g/mol. The predicted molar refractivity (Wildman–Crippen MR) is 105 cm³/mol. The van der Waals surface area contributed by atoms with Gasteiger partial charge in [-0.2, -0.15) is 4.98 Å². The minimum absolute atomic E-state index is 0.0910. The summed E-state index contributed by atoms with van der Waals surface area (Å²) in [7, 11) is 0. The van der Waals surface area contributed by atoms with Crippen molar-refractivity contribution in [2.24, 2.45) is 0 Å². The molecule has 1 aromatic heterocycles. The van der Waals surface area contributed by atoms with E-state index in [0.29, 0.717) is 10.1 Å². The van der Waals surface area contributed by atoms with Gasteiger partial charge in [-0.15, -0.1) is 23.5 Å². The highest BCUT2D eigenvalue weighted by Crippen LogP contribution is 2.45. The van der Waals surface area contributed by atoms with Crippen LogP contribution in [0.4, 0.5) is 4.39 Å². The molecule has 1 amide bonds. The summed E-state index contributed by atoms with van der Waals surface area (Å²) in [6.07, 6.45) is 0. The lowest BCUT2D eigenvalue weighted by Crippen LogP contribution is -2.23. The molecule has 1 aliphatic heterocycles. The van der Waals surface area contributed by atoms with Gasteiger partial charge in [-0.1, -0.05) is 29.4 Å². The average molecular weight is 401 g/mol. The molecule has 8 heteroatoms. The first-order valence-electron chi connectivity index (χ1n) is 8.39. The first kappa shape index (κ1) is 18.1. The Bertz CT molecular complexity index is 940. The lowest BCUT2D eigenvalue weighted by molar-refractivity contribution is 0.0949. The number of nitrogens with one attached hydrogen (secondary N) is 1. The predicted octanol–water partition coefficient (Wildman–Crippen LogP) is 4.28. The summed E-state index contributed by atoms with van der Waals surface area (Å²) >= 11 is 3.85. The van der Waals surface area contributed by atoms with Crippen LogP contribution in [-0.2, 0) is 6.54 Å². The van der Waals surface area contributed by atoms with Crippen LogP contribution >= 0.6 is 23.5 Å². The molecule has 1 fully saturated rings. The molecule has 0 spiro atoms. The maximum absolute atomic E-state index is 13.8. The molecule has 4 rings (SSSR count). The smallest absolute Gasteiger partial charge is 0.260 e. The highest BCUT2D eigenvalue weighted by atomic mass is 32.2. The maximum Gasteiger partial charge on any atom is 0.260 e. The number of aromatic nitrogens is 2. The second-order valence-corrected chi connectivity index (χ2v) is 8.60. The van der Waals surface area contributed by atoms with Gasteiger partial charge in [0.15, 0.2) is 5.82 Å². The Balaban J connectivity index is 1.37. The summed E-state index contributed by atoms with van der Waals surface area (Å²) in [5, 5.41) is 6.55. The molecule has 2 heterocycles. The van der Waals surface area contributed by atoms with Crippen molar-refractivity contribution in [2.45, 2.75) is 11.1 Å². The van der Waals surface area contributed by atoms with Crippen LogP contribution in [0.2, 0.25) is 0 Å². The van der Waals surface area contributed by atoms with Crippen LogP contribution in [0.25, 0.3) is 11.5 Å². The molecule has 0 aliphatic carbocycles. The summed E-state index contributed by atoms with van der Waals surface area (Å²) in [5.74, 6) is 2.06. The largest absolute Gasteiger partial charge is 0.345 e. The first-order chi connectivity index (χ1) is 13.2. The van der Waals surface area contributed by atoms with E-state index in [0.717, 1.165) is 11.5 Å². The Morgan fingerprint density at radius 2 is 1.89 bits per heavy atom. The fourth-order valence-electron chi connectivity index (χ4n) is 2.67. The third-order valence-corrected chi connectivity index (χ3v) is 7.15. The maximum atomic E-state index is 13.8. The molecular weight excluding hydrogens is 385 g/mol. The van der Waals surface area contributed by atoms with Crippen molar-refractivity contribution in [3.63, 3.8) is 0 Å². The van der Waals surface area contributed by atoms with Crippen LogP contribution in [-0.4, -0.2) is 27.6 Å². The number of benzene rings is 2. The Morgan fingerprint density at radius 1 is 1.15 bits per heavy atom. The third-order valence-electron chi connectivity index (χ3n) is 4.05. The normalized spacial score (nSPS) is 14.4. The second kappa shape index (κ2) is 8.14. The number of hydrogen-bond donors (Lipinski definition) is 1. The van der Waals surface area contributed by atoms with Gasteiger partial charge in [-0.3, -0.25) is 4.79 Å². The van der Waals surface area contributed by atoms with Crippen LogP contribution < -0.4 is 5.32 Å². The number of nitrogens with zero attached hydrogens (tertiary/aromatic N) is 2. The molecule has 138 valence electrons. The molecule has 0 radical (unpaired) electrons. The number of rotatable bonds is 5. The van der Waals surface area contributed by atoms with E-state index in [4.69, 9.17) is 4.52 Å². The quantitative estimate of drug-likeness (QED) is 0.688. The lowest BCUT2D eigenvalue weighted by atomic mass is 10.1. The number of hydrogen-bond acceptors (Lipinski definition) is 6. The first-order valence-corrected chi connectivity index (χ1v) is 10.5. The zero-order valence-electron chi connectivity index (χ0n) is 14.2. The van der Waals surface area contributed by atoms with E-state index >= 15 is 0 Å². The van der Waals surface area contributed by atoms with Crippen molar-refractivity contribution in [1.82, 2.24) is 15.5 Å². The van der Waals surface area contributed by atoms with E-state index < -0.39 is 5.82 Å². The van der Waals surface area contributed by atoms with E-state index in [2.05, 4.69) is 15.5 Å². The Hall–Kier alpha value is -2.32. The minimum Gasteiger partial charge on any atom is -0.345 e. The number of carbonyl (C=O) groups is 1. The molecule has 1 saturated heterocycles. The van der Waals surface area contributed by atoms with Crippen molar-refractivity contribution in [3.05, 3.63) is 71.3 Å². The van der Waals surface area contributed by atoms with Crippen molar-refractivity contribution in [1.29, 1.82) is 0 Å². The van der Waals surface area contributed by atoms with Crippen molar-refractivity contribution < 1.29 is 13.7 Å². The van der Waals surface area contributed by atoms with E-state index in [1.807, 2.05) is 47.8 Å². The van der Waals surface area contributed by atoms with Gasteiger partial charge < -0.3 is 9.84 Å². The highest BCUT2D eigenvalue weighted by molar-refractivity contribution is 8.19. The van der Waals surface area contributed by atoms with E-state index in [1.165, 1.54) is 11.6 Å². The fraction of sp³-hybridized carbons (Fsp3) is 0.211. The minimum atomic E-state index is -0.435.